The average molecular weight is 486 g/mol. The molecular weight excluding hydrogens is 459 g/mol. The third-order valence-electron chi connectivity index (χ3n) is 3.93. The molecule has 1 heterocycles. The van der Waals surface area contributed by atoms with Crippen molar-refractivity contribution in [2.24, 2.45) is 4.99 Å². The molecule has 1 aromatic heterocycles. The van der Waals surface area contributed by atoms with Crippen LogP contribution in [-0.2, 0) is 13.1 Å². The van der Waals surface area contributed by atoms with Gasteiger partial charge in [0.05, 0.1) is 21.3 Å². The number of benzene rings is 1. The van der Waals surface area contributed by atoms with Gasteiger partial charge in [0, 0.05) is 51.1 Å². The molecule has 0 aliphatic rings. The minimum atomic E-state index is 0. The molecule has 2 rings (SSSR count). The first-order valence-corrected chi connectivity index (χ1v) is 8.22. The number of hydrogen-bond donors (Lipinski definition) is 1. The number of aromatic nitrogens is 1. The minimum absolute atomic E-state index is 0. The summed E-state index contributed by atoms with van der Waals surface area (Å²) in [6.07, 6.45) is 1.78. The molecule has 1 N–H and O–H groups in total. The Bertz CT molecular complexity index is 738. The van der Waals surface area contributed by atoms with Crippen LogP contribution < -0.4 is 19.5 Å². The maximum absolute atomic E-state index is 5.47. The molecule has 148 valence electrons. The van der Waals surface area contributed by atoms with Gasteiger partial charge in [0.2, 0.25) is 5.88 Å². The van der Waals surface area contributed by atoms with E-state index in [2.05, 4.69) is 15.3 Å². The summed E-state index contributed by atoms with van der Waals surface area (Å²) in [5, 5.41) is 3.33. The minimum Gasteiger partial charge on any atom is -0.497 e. The van der Waals surface area contributed by atoms with Crippen LogP contribution in [0.5, 0.6) is 17.4 Å². The molecule has 0 spiro atoms. The molecule has 0 aliphatic carbocycles. The van der Waals surface area contributed by atoms with E-state index in [9.17, 15) is 0 Å². The van der Waals surface area contributed by atoms with Crippen molar-refractivity contribution in [3.05, 3.63) is 47.7 Å². The zero-order valence-electron chi connectivity index (χ0n) is 16.4. The first-order valence-electron chi connectivity index (χ1n) is 8.22. The van der Waals surface area contributed by atoms with Crippen molar-refractivity contribution in [2.45, 2.75) is 13.1 Å². The summed E-state index contributed by atoms with van der Waals surface area (Å²) in [7, 11) is 8.63. The lowest BCUT2D eigenvalue weighted by molar-refractivity contribution is 0.382. The van der Waals surface area contributed by atoms with E-state index in [1.165, 1.54) is 0 Å². The fourth-order valence-corrected chi connectivity index (χ4v) is 2.51. The van der Waals surface area contributed by atoms with Gasteiger partial charge in [-0.3, -0.25) is 4.99 Å². The summed E-state index contributed by atoms with van der Waals surface area (Å²) in [6, 6.07) is 9.60. The van der Waals surface area contributed by atoms with Crippen LogP contribution in [0.15, 0.2) is 41.5 Å². The Morgan fingerprint density at radius 2 is 1.89 bits per heavy atom. The van der Waals surface area contributed by atoms with Crippen LogP contribution in [0, 0.1) is 0 Å². The SMILES string of the molecule is CN=C(NCc1ccc(OC)nc1)N(C)Cc1ccc(OC)cc1OC.I. The molecule has 0 unspecified atom stereocenters. The second-order valence-corrected chi connectivity index (χ2v) is 5.64. The van der Waals surface area contributed by atoms with E-state index in [0.717, 1.165) is 28.6 Å². The van der Waals surface area contributed by atoms with Gasteiger partial charge in [-0.1, -0.05) is 6.07 Å². The molecule has 0 bridgehead atoms. The Kier molecular flexibility index (Phi) is 9.70. The molecule has 27 heavy (non-hydrogen) atoms. The molecule has 0 aliphatic heterocycles. The number of nitrogens with zero attached hydrogens (tertiary/aromatic N) is 3. The first-order chi connectivity index (χ1) is 12.6. The number of ether oxygens (including phenoxy) is 3. The van der Waals surface area contributed by atoms with Crippen molar-refractivity contribution in [2.75, 3.05) is 35.4 Å². The molecule has 0 atom stereocenters. The zero-order valence-corrected chi connectivity index (χ0v) is 18.7. The first kappa shape index (κ1) is 22.8. The fraction of sp³-hybridized carbons (Fsp3) is 0.368. The number of pyridine rings is 1. The van der Waals surface area contributed by atoms with Crippen molar-refractivity contribution in [3.63, 3.8) is 0 Å². The number of hydrogen-bond acceptors (Lipinski definition) is 5. The van der Waals surface area contributed by atoms with Gasteiger partial charge in [-0.15, -0.1) is 24.0 Å². The summed E-state index contributed by atoms with van der Waals surface area (Å²) in [5.74, 6) is 2.93. The molecule has 0 radical (unpaired) electrons. The molecule has 0 amide bonds. The summed E-state index contributed by atoms with van der Waals surface area (Å²) in [4.78, 5) is 10.6. The Labute approximate surface area is 177 Å². The highest BCUT2D eigenvalue weighted by Crippen LogP contribution is 2.25. The largest absolute Gasteiger partial charge is 0.497 e. The highest BCUT2D eigenvalue weighted by molar-refractivity contribution is 14.0. The molecule has 0 fully saturated rings. The normalized spacial score (nSPS) is 10.6. The van der Waals surface area contributed by atoms with Gasteiger partial charge in [-0.05, 0) is 17.7 Å². The Hall–Kier alpha value is -2.23. The van der Waals surface area contributed by atoms with Gasteiger partial charge in [-0.25, -0.2) is 4.98 Å². The lowest BCUT2D eigenvalue weighted by Crippen LogP contribution is -2.38. The van der Waals surface area contributed by atoms with E-state index < -0.39 is 0 Å². The average Bonchev–Trinajstić information content (AvgIpc) is 2.69. The third-order valence-corrected chi connectivity index (χ3v) is 3.93. The van der Waals surface area contributed by atoms with Crippen LogP contribution in [0.3, 0.4) is 0 Å². The van der Waals surface area contributed by atoms with Crippen LogP contribution in [-0.4, -0.2) is 51.3 Å². The Morgan fingerprint density at radius 1 is 1.11 bits per heavy atom. The molecule has 0 saturated heterocycles. The Morgan fingerprint density at radius 3 is 2.44 bits per heavy atom. The third kappa shape index (κ3) is 6.46. The second kappa shape index (κ2) is 11.5. The van der Waals surface area contributed by atoms with Gasteiger partial charge in [-0.2, -0.15) is 0 Å². The van der Waals surface area contributed by atoms with Gasteiger partial charge in [0.1, 0.15) is 11.5 Å². The number of nitrogens with one attached hydrogen (secondary N) is 1. The van der Waals surface area contributed by atoms with E-state index in [4.69, 9.17) is 14.2 Å². The summed E-state index contributed by atoms with van der Waals surface area (Å²) < 4.78 is 15.8. The van der Waals surface area contributed by atoms with Crippen molar-refractivity contribution in [3.8, 4) is 17.4 Å². The van der Waals surface area contributed by atoms with Crippen LogP contribution in [0.25, 0.3) is 0 Å². The molecule has 1 aromatic carbocycles. The molecular formula is C19H27IN4O3. The van der Waals surface area contributed by atoms with Gasteiger partial charge >= 0.3 is 0 Å². The molecule has 2 aromatic rings. The summed E-state index contributed by atoms with van der Waals surface area (Å²) in [6.45, 7) is 1.27. The molecule has 8 heteroatoms. The quantitative estimate of drug-likeness (QED) is 0.369. The van der Waals surface area contributed by atoms with E-state index in [1.54, 1.807) is 34.6 Å². The number of rotatable bonds is 7. The maximum Gasteiger partial charge on any atom is 0.212 e. The van der Waals surface area contributed by atoms with Crippen LogP contribution in [0.4, 0.5) is 0 Å². The van der Waals surface area contributed by atoms with E-state index in [1.807, 2.05) is 42.3 Å². The lowest BCUT2D eigenvalue weighted by Gasteiger charge is -2.23. The number of guanidine groups is 1. The van der Waals surface area contributed by atoms with Crippen molar-refractivity contribution in [1.82, 2.24) is 15.2 Å². The zero-order chi connectivity index (χ0) is 18.9. The molecule has 7 nitrogen and oxygen atoms in total. The van der Waals surface area contributed by atoms with E-state index in [0.29, 0.717) is 19.0 Å². The lowest BCUT2D eigenvalue weighted by atomic mass is 10.2. The smallest absolute Gasteiger partial charge is 0.212 e. The molecule has 0 saturated carbocycles. The van der Waals surface area contributed by atoms with Gasteiger partial charge in [0.25, 0.3) is 0 Å². The Balaban J connectivity index is 0.00000364. The topological polar surface area (TPSA) is 68.2 Å². The van der Waals surface area contributed by atoms with E-state index >= 15 is 0 Å². The van der Waals surface area contributed by atoms with Crippen molar-refractivity contribution >= 4 is 29.9 Å². The predicted octanol–water partition coefficient (Wildman–Crippen LogP) is 2.93. The number of methoxy groups -OCH3 is 3. The van der Waals surface area contributed by atoms with Crippen molar-refractivity contribution < 1.29 is 14.2 Å². The predicted molar refractivity (Wildman–Crippen MR) is 117 cm³/mol. The number of halogens is 1. The highest BCUT2D eigenvalue weighted by Gasteiger charge is 2.11. The maximum atomic E-state index is 5.47. The van der Waals surface area contributed by atoms with Crippen LogP contribution in [0.1, 0.15) is 11.1 Å². The van der Waals surface area contributed by atoms with Crippen LogP contribution in [0.2, 0.25) is 0 Å². The van der Waals surface area contributed by atoms with Crippen LogP contribution >= 0.6 is 24.0 Å². The second-order valence-electron chi connectivity index (χ2n) is 5.64. The van der Waals surface area contributed by atoms with E-state index in [-0.39, 0.29) is 24.0 Å². The summed E-state index contributed by atoms with van der Waals surface area (Å²) in [5.41, 5.74) is 2.09. The standard InChI is InChI=1S/C19H26N4O3.HI/c1-20-19(22-12-14-6-9-18(26-5)21-11-14)23(2)13-15-7-8-16(24-3)10-17(15)25-4;/h6-11H,12-13H2,1-5H3,(H,20,22);1H. The van der Waals surface area contributed by atoms with Gasteiger partial charge in [0.15, 0.2) is 5.96 Å². The van der Waals surface area contributed by atoms with Gasteiger partial charge < -0.3 is 24.4 Å². The summed E-state index contributed by atoms with van der Waals surface area (Å²) >= 11 is 0. The fourth-order valence-electron chi connectivity index (χ4n) is 2.51. The monoisotopic (exact) mass is 486 g/mol. The van der Waals surface area contributed by atoms with Crippen molar-refractivity contribution in [1.29, 1.82) is 0 Å². The highest BCUT2D eigenvalue weighted by atomic mass is 127. The number of aliphatic imine (C=N–C) groups is 1.